The van der Waals surface area contributed by atoms with Gasteiger partial charge < -0.3 is 15.4 Å². The Balaban J connectivity index is 0.00000200. The minimum absolute atomic E-state index is 0. The van der Waals surface area contributed by atoms with Gasteiger partial charge in [-0.1, -0.05) is 25.7 Å². The van der Waals surface area contributed by atoms with Crippen LogP contribution < -0.4 is 10.6 Å². The standard InChI is InChI=1S/C15H28N2O2.ClH/c18-15(13-7-9-16-10-8-13)17-11-12-19-14-5-3-1-2-4-6-14;/h13-14,16H,1-12H2,(H,17,18);1H. The summed E-state index contributed by atoms with van der Waals surface area (Å²) >= 11 is 0. The van der Waals surface area contributed by atoms with E-state index in [1.165, 1.54) is 38.5 Å². The van der Waals surface area contributed by atoms with Crippen molar-refractivity contribution in [1.82, 2.24) is 10.6 Å². The van der Waals surface area contributed by atoms with Crippen molar-refractivity contribution in [3.63, 3.8) is 0 Å². The first kappa shape index (κ1) is 17.7. The molecular formula is C15H29ClN2O2. The maximum absolute atomic E-state index is 11.9. The number of carbonyl (C=O) groups excluding carboxylic acids is 1. The molecule has 2 rings (SSSR count). The number of nitrogens with one attached hydrogen (secondary N) is 2. The number of piperidine rings is 1. The van der Waals surface area contributed by atoms with Gasteiger partial charge in [-0.05, 0) is 38.8 Å². The van der Waals surface area contributed by atoms with Gasteiger partial charge in [-0.25, -0.2) is 0 Å². The Bertz CT molecular complexity index is 263. The van der Waals surface area contributed by atoms with E-state index in [4.69, 9.17) is 4.74 Å². The van der Waals surface area contributed by atoms with Crippen LogP contribution in [0.3, 0.4) is 0 Å². The lowest BCUT2D eigenvalue weighted by atomic mass is 9.97. The Morgan fingerprint density at radius 1 is 1.05 bits per heavy atom. The van der Waals surface area contributed by atoms with E-state index in [9.17, 15) is 4.79 Å². The number of amides is 1. The smallest absolute Gasteiger partial charge is 0.223 e. The monoisotopic (exact) mass is 304 g/mol. The molecule has 1 saturated carbocycles. The predicted molar refractivity (Wildman–Crippen MR) is 83.3 cm³/mol. The summed E-state index contributed by atoms with van der Waals surface area (Å²) in [7, 11) is 0. The van der Waals surface area contributed by atoms with Crippen LogP contribution in [-0.4, -0.2) is 38.3 Å². The number of halogens is 1. The number of ether oxygens (including phenoxy) is 1. The Hall–Kier alpha value is -0.320. The molecule has 0 aromatic rings. The van der Waals surface area contributed by atoms with Gasteiger partial charge in [0.1, 0.15) is 0 Å². The molecule has 0 aromatic heterocycles. The summed E-state index contributed by atoms with van der Waals surface area (Å²) in [4.78, 5) is 11.9. The molecule has 1 saturated heterocycles. The molecule has 0 aromatic carbocycles. The van der Waals surface area contributed by atoms with E-state index < -0.39 is 0 Å². The van der Waals surface area contributed by atoms with Crippen LogP contribution in [0.2, 0.25) is 0 Å². The molecule has 1 aliphatic carbocycles. The maximum atomic E-state index is 11.9. The normalized spacial score (nSPS) is 21.8. The summed E-state index contributed by atoms with van der Waals surface area (Å²) in [5.41, 5.74) is 0. The molecule has 1 amide bonds. The van der Waals surface area contributed by atoms with Gasteiger partial charge in [0, 0.05) is 12.5 Å². The van der Waals surface area contributed by atoms with E-state index in [1.807, 2.05) is 0 Å². The van der Waals surface area contributed by atoms with Crippen molar-refractivity contribution in [2.75, 3.05) is 26.2 Å². The van der Waals surface area contributed by atoms with Crippen molar-refractivity contribution < 1.29 is 9.53 Å². The fourth-order valence-electron chi connectivity index (χ4n) is 3.04. The largest absolute Gasteiger partial charge is 0.376 e. The second-order valence-electron chi connectivity index (χ2n) is 5.80. The molecule has 20 heavy (non-hydrogen) atoms. The van der Waals surface area contributed by atoms with Gasteiger partial charge in [0.15, 0.2) is 0 Å². The highest BCUT2D eigenvalue weighted by Crippen LogP contribution is 2.19. The third-order valence-corrected chi connectivity index (χ3v) is 4.27. The fourth-order valence-corrected chi connectivity index (χ4v) is 3.04. The van der Waals surface area contributed by atoms with E-state index >= 15 is 0 Å². The summed E-state index contributed by atoms with van der Waals surface area (Å²) in [6.45, 7) is 3.27. The lowest BCUT2D eigenvalue weighted by Crippen LogP contribution is -2.39. The average Bonchev–Trinajstić information content (AvgIpc) is 2.73. The molecular weight excluding hydrogens is 276 g/mol. The van der Waals surface area contributed by atoms with Gasteiger partial charge in [-0.3, -0.25) is 4.79 Å². The molecule has 1 aliphatic heterocycles. The average molecular weight is 305 g/mol. The molecule has 118 valence electrons. The molecule has 0 spiro atoms. The zero-order chi connectivity index (χ0) is 13.3. The number of carbonyl (C=O) groups is 1. The first-order valence-electron chi connectivity index (χ1n) is 7.96. The van der Waals surface area contributed by atoms with Gasteiger partial charge >= 0.3 is 0 Å². The lowest BCUT2D eigenvalue weighted by molar-refractivity contribution is -0.126. The summed E-state index contributed by atoms with van der Waals surface area (Å²) in [6, 6.07) is 0. The van der Waals surface area contributed by atoms with Crippen molar-refractivity contribution >= 4 is 18.3 Å². The molecule has 2 aliphatic rings. The summed E-state index contributed by atoms with van der Waals surface area (Å²) in [5.74, 6) is 0.421. The van der Waals surface area contributed by atoms with Crippen LogP contribution in [0, 0.1) is 5.92 Å². The van der Waals surface area contributed by atoms with Crippen molar-refractivity contribution in [2.45, 2.75) is 57.5 Å². The summed E-state index contributed by atoms with van der Waals surface area (Å²) in [6.07, 6.45) is 10.1. The highest BCUT2D eigenvalue weighted by Gasteiger charge is 2.20. The van der Waals surface area contributed by atoms with E-state index in [1.54, 1.807) is 0 Å². The third-order valence-electron chi connectivity index (χ3n) is 4.27. The van der Waals surface area contributed by atoms with Crippen LogP contribution in [0.5, 0.6) is 0 Å². The third kappa shape index (κ3) is 6.42. The molecule has 0 radical (unpaired) electrons. The van der Waals surface area contributed by atoms with Gasteiger partial charge in [0.05, 0.1) is 12.7 Å². The first-order valence-corrected chi connectivity index (χ1v) is 7.96. The van der Waals surface area contributed by atoms with Gasteiger partial charge in [-0.2, -0.15) is 0 Å². The van der Waals surface area contributed by atoms with Crippen LogP contribution in [-0.2, 0) is 9.53 Å². The van der Waals surface area contributed by atoms with Gasteiger partial charge in [-0.15, -0.1) is 12.4 Å². The minimum Gasteiger partial charge on any atom is -0.376 e. The SMILES string of the molecule is Cl.O=C(NCCOC1CCCCCC1)C1CCNCC1. The van der Waals surface area contributed by atoms with Gasteiger partial charge in [0.2, 0.25) is 5.91 Å². The molecule has 2 N–H and O–H groups in total. The molecule has 0 unspecified atom stereocenters. The summed E-state index contributed by atoms with van der Waals surface area (Å²) < 4.78 is 5.87. The Morgan fingerprint density at radius 3 is 2.35 bits per heavy atom. The molecule has 0 bridgehead atoms. The van der Waals surface area contributed by atoms with E-state index in [0.29, 0.717) is 19.3 Å². The number of rotatable bonds is 5. The number of hydrogen-bond donors (Lipinski definition) is 2. The topological polar surface area (TPSA) is 50.4 Å². The van der Waals surface area contributed by atoms with Crippen LogP contribution in [0.1, 0.15) is 51.4 Å². The zero-order valence-corrected chi connectivity index (χ0v) is 13.2. The summed E-state index contributed by atoms with van der Waals surface area (Å²) in [5, 5.41) is 6.30. The molecule has 5 heteroatoms. The van der Waals surface area contributed by atoms with Crippen LogP contribution in [0.15, 0.2) is 0 Å². The highest BCUT2D eigenvalue weighted by molar-refractivity contribution is 5.85. The van der Waals surface area contributed by atoms with E-state index in [-0.39, 0.29) is 24.2 Å². The van der Waals surface area contributed by atoms with Gasteiger partial charge in [0.25, 0.3) is 0 Å². The van der Waals surface area contributed by atoms with E-state index in [2.05, 4.69) is 10.6 Å². The second kappa shape index (κ2) is 10.4. The van der Waals surface area contributed by atoms with E-state index in [0.717, 1.165) is 25.9 Å². The Kier molecular flexibility index (Phi) is 9.23. The molecule has 4 nitrogen and oxygen atoms in total. The Morgan fingerprint density at radius 2 is 1.70 bits per heavy atom. The first-order chi connectivity index (χ1) is 9.36. The number of hydrogen-bond acceptors (Lipinski definition) is 3. The van der Waals surface area contributed by atoms with Crippen molar-refractivity contribution in [1.29, 1.82) is 0 Å². The Labute approximate surface area is 128 Å². The second-order valence-corrected chi connectivity index (χ2v) is 5.80. The quantitative estimate of drug-likeness (QED) is 0.605. The minimum atomic E-state index is 0. The van der Waals surface area contributed by atoms with Crippen molar-refractivity contribution in [3.8, 4) is 0 Å². The van der Waals surface area contributed by atoms with Crippen LogP contribution >= 0.6 is 12.4 Å². The van der Waals surface area contributed by atoms with Crippen molar-refractivity contribution in [2.24, 2.45) is 5.92 Å². The molecule has 1 heterocycles. The van der Waals surface area contributed by atoms with Crippen molar-refractivity contribution in [3.05, 3.63) is 0 Å². The zero-order valence-electron chi connectivity index (χ0n) is 12.4. The van der Waals surface area contributed by atoms with Crippen LogP contribution in [0.4, 0.5) is 0 Å². The lowest BCUT2D eigenvalue weighted by Gasteiger charge is -2.22. The molecule has 0 atom stereocenters. The highest BCUT2D eigenvalue weighted by atomic mass is 35.5. The predicted octanol–water partition coefficient (Wildman–Crippen LogP) is 2.26. The fraction of sp³-hybridized carbons (Fsp3) is 0.933. The molecule has 2 fully saturated rings. The maximum Gasteiger partial charge on any atom is 0.223 e. The van der Waals surface area contributed by atoms with Crippen LogP contribution in [0.25, 0.3) is 0 Å².